The van der Waals surface area contributed by atoms with Crippen molar-refractivity contribution in [2.45, 2.75) is 25.3 Å². The summed E-state index contributed by atoms with van der Waals surface area (Å²) in [4.78, 5) is 11.4. The third-order valence-electron chi connectivity index (χ3n) is 3.91. The minimum absolute atomic E-state index is 0.340. The number of aryl methyl sites for hydroxylation is 1. The molecule has 0 fully saturated rings. The summed E-state index contributed by atoms with van der Waals surface area (Å²) in [7, 11) is 0. The van der Waals surface area contributed by atoms with Crippen LogP contribution in [-0.4, -0.2) is 27.3 Å². The van der Waals surface area contributed by atoms with E-state index >= 15 is 0 Å². The average molecular weight is 334 g/mol. The molecule has 25 heavy (non-hydrogen) atoms. The Morgan fingerprint density at radius 3 is 2.64 bits per heavy atom. The van der Waals surface area contributed by atoms with Gasteiger partial charge >= 0.3 is 5.97 Å². The molecule has 1 heterocycles. The molecule has 3 aromatic rings. The van der Waals surface area contributed by atoms with Crippen LogP contribution in [-0.2, 0) is 11.2 Å². The number of nitrogens with zero attached hydrogens (tertiary/aromatic N) is 4. The summed E-state index contributed by atoms with van der Waals surface area (Å²) in [6.45, 7) is 0. The molecule has 3 rings (SSSR count). The predicted octanol–water partition coefficient (Wildman–Crippen LogP) is 4.19. The molecule has 0 amide bonds. The number of aliphatic carboxylic acids is 1. The van der Waals surface area contributed by atoms with Crippen LogP contribution in [0.25, 0.3) is 10.8 Å². The first-order valence-corrected chi connectivity index (χ1v) is 8.12. The largest absolute Gasteiger partial charge is 0.480 e. The van der Waals surface area contributed by atoms with Gasteiger partial charge in [0.2, 0.25) is 5.82 Å². The first-order chi connectivity index (χ1) is 12.2. The van der Waals surface area contributed by atoms with E-state index in [-0.39, 0.29) is 0 Å². The Bertz CT molecular complexity index is 875. The molecule has 1 N–H and O–H groups in total. The maximum Gasteiger partial charge on any atom is 0.330 e. The number of carboxylic acids is 1. The number of rotatable bonds is 7. The van der Waals surface area contributed by atoms with Crippen LogP contribution in [0.2, 0.25) is 0 Å². The van der Waals surface area contributed by atoms with Crippen LogP contribution in [0.1, 0.15) is 18.4 Å². The molecule has 1 unspecified atom stereocenters. The monoisotopic (exact) mass is 334 g/mol. The first kappa shape index (κ1) is 16.7. The van der Waals surface area contributed by atoms with Crippen LogP contribution in [0.3, 0.4) is 0 Å². The van der Waals surface area contributed by atoms with Crippen molar-refractivity contribution in [1.82, 2.24) is 10.2 Å². The van der Waals surface area contributed by atoms with E-state index in [9.17, 15) is 9.90 Å². The van der Waals surface area contributed by atoms with E-state index in [1.807, 2.05) is 54.6 Å². The maximum atomic E-state index is 11.4. The molecule has 0 aliphatic heterocycles. The number of carboxylic acid groups (broad SMARTS) is 1. The number of azo groups is 1. The van der Waals surface area contributed by atoms with Crippen LogP contribution < -0.4 is 0 Å². The smallest absolute Gasteiger partial charge is 0.330 e. The second-order valence-corrected chi connectivity index (χ2v) is 5.70. The molecular weight excluding hydrogens is 316 g/mol. The van der Waals surface area contributed by atoms with Gasteiger partial charge in [-0.3, -0.25) is 0 Å². The minimum Gasteiger partial charge on any atom is -0.480 e. The first-order valence-electron chi connectivity index (χ1n) is 8.12. The molecule has 0 bridgehead atoms. The molecule has 0 spiro atoms. The van der Waals surface area contributed by atoms with Gasteiger partial charge in [-0.05, 0) is 24.8 Å². The molecule has 0 radical (unpaired) electrons. The number of benzene rings is 2. The van der Waals surface area contributed by atoms with E-state index in [4.69, 9.17) is 0 Å². The zero-order chi connectivity index (χ0) is 17.5. The zero-order valence-electron chi connectivity index (χ0n) is 13.6. The minimum atomic E-state index is -0.981. The zero-order valence-corrected chi connectivity index (χ0v) is 13.6. The Labute approximate surface area is 145 Å². The van der Waals surface area contributed by atoms with Crippen molar-refractivity contribution < 1.29 is 9.90 Å². The van der Waals surface area contributed by atoms with E-state index in [0.29, 0.717) is 12.2 Å². The lowest BCUT2D eigenvalue weighted by atomic mass is 10.1. The molecule has 2 aromatic carbocycles. The number of carbonyl (C=O) groups is 1. The van der Waals surface area contributed by atoms with Gasteiger partial charge in [-0.2, -0.15) is 10.2 Å². The van der Waals surface area contributed by atoms with Gasteiger partial charge in [-0.25, -0.2) is 4.79 Å². The van der Waals surface area contributed by atoms with Gasteiger partial charge < -0.3 is 5.11 Å². The lowest BCUT2D eigenvalue weighted by Gasteiger charge is -2.06. The molecular formula is C19H18N4O2. The fourth-order valence-corrected chi connectivity index (χ4v) is 2.59. The van der Waals surface area contributed by atoms with Crippen molar-refractivity contribution in [3.8, 4) is 0 Å². The van der Waals surface area contributed by atoms with Crippen LogP contribution in [0.5, 0.6) is 0 Å². The Morgan fingerprint density at radius 1 is 1.08 bits per heavy atom. The highest BCUT2D eigenvalue weighted by atomic mass is 16.4. The Balaban J connectivity index is 1.68. The number of fused-ring (bicyclic) bond motifs is 1. The Kier molecular flexibility index (Phi) is 5.41. The second kappa shape index (κ2) is 8.10. The summed E-state index contributed by atoms with van der Waals surface area (Å²) in [6, 6.07) is 16.6. The topological polar surface area (TPSA) is 87.8 Å². The summed E-state index contributed by atoms with van der Waals surface area (Å²) in [5, 5.41) is 27.0. The summed E-state index contributed by atoms with van der Waals surface area (Å²) in [5.41, 5.74) is 1.18. The lowest BCUT2D eigenvalue weighted by Crippen LogP contribution is -2.17. The van der Waals surface area contributed by atoms with Crippen LogP contribution >= 0.6 is 0 Å². The van der Waals surface area contributed by atoms with E-state index in [2.05, 4.69) is 20.4 Å². The van der Waals surface area contributed by atoms with E-state index in [0.717, 1.165) is 23.6 Å². The quantitative estimate of drug-likeness (QED) is 0.656. The highest BCUT2D eigenvalue weighted by Crippen LogP contribution is 2.22. The van der Waals surface area contributed by atoms with Crippen molar-refractivity contribution in [3.05, 3.63) is 66.4 Å². The van der Waals surface area contributed by atoms with Crippen molar-refractivity contribution in [3.63, 3.8) is 0 Å². The van der Waals surface area contributed by atoms with E-state index in [1.54, 1.807) is 6.20 Å². The van der Waals surface area contributed by atoms with Gasteiger partial charge in [0.05, 0.1) is 6.20 Å². The number of hydrogen-bond donors (Lipinski definition) is 1. The molecule has 6 heteroatoms. The molecule has 0 aliphatic carbocycles. The van der Waals surface area contributed by atoms with Gasteiger partial charge in [0.1, 0.15) is 0 Å². The molecule has 126 valence electrons. The molecule has 0 saturated heterocycles. The predicted molar refractivity (Wildman–Crippen MR) is 94.9 cm³/mol. The molecule has 1 atom stereocenters. The van der Waals surface area contributed by atoms with Crippen LogP contribution in [0.4, 0.5) is 5.82 Å². The van der Waals surface area contributed by atoms with Crippen LogP contribution in [0.15, 0.2) is 71.0 Å². The van der Waals surface area contributed by atoms with Crippen molar-refractivity contribution >= 4 is 22.6 Å². The van der Waals surface area contributed by atoms with Crippen LogP contribution in [0, 0.1) is 0 Å². The number of aromatic nitrogens is 2. The lowest BCUT2D eigenvalue weighted by molar-refractivity contribution is -0.138. The molecule has 1 aromatic heterocycles. The summed E-state index contributed by atoms with van der Waals surface area (Å²) < 4.78 is 0. The summed E-state index contributed by atoms with van der Waals surface area (Å²) >= 11 is 0. The van der Waals surface area contributed by atoms with Gasteiger partial charge in [-0.1, -0.05) is 54.6 Å². The average Bonchev–Trinajstić information content (AvgIpc) is 2.65. The van der Waals surface area contributed by atoms with Crippen molar-refractivity contribution in [2.75, 3.05) is 0 Å². The van der Waals surface area contributed by atoms with Crippen molar-refractivity contribution in [1.29, 1.82) is 0 Å². The van der Waals surface area contributed by atoms with Gasteiger partial charge in [-0.15, -0.1) is 10.2 Å². The Morgan fingerprint density at radius 2 is 1.84 bits per heavy atom. The highest BCUT2D eigenvalue weighted by molar-refractivity contribution is 5.89. The fraction of sp³-hybridized carbons (Fsp3) is 0.211. The second-order valence-electron chi connectivity index (χ2n) is 5.70. The summed E-state index contributed by atoms with van der Waals surface area (Å²) in [5.74, 6) is -0.641. The molecule has 6 nitrogen and oxygen atoms in total. The SMILES string of the molecule is O=C(O)C(CCCc1ccccc1)N=Nc1nncc2ccccc12. The molecule has 0 saturated carbocycles. The third-order valence-corrected chi connectivity index (χ3v) is 3.91. The van der Waals surface area contributed by atoms with Gasteiger partial charge in [0.25, 0.3) is 0 Å². The maximum absolute atomic E-state index is 11.4. The standard InChI is InChI=1S/C19H18N4O2/c24-19(25)17(12-6-9-14-7-2-1-3-8-14)21-23-18-16-11-5-4-10-15(16)13-20-22-18/h1-5,7-8,10-11,13,17H,6,9,12H2,(H,24,25). The van der Waals surface area contributed by atoms with Gasteiger partial charge in [0.15, 0.2) is 6.04 Å². The number of hydrogen-bond acceptors (Lipinski definition) is 5. The third kappa shape index (κ3) is 4.44. The van der Waals surface area contributed by atoms with E-state index in [1.165, 1.54) is 5.56 Å². The van der Waals surface area contributed by atoms with E-state index < -0.39 is 12.0 Å². The summed E-state index contributed by atoms with van der Waals surface area (Å²) in [6.07, 6.45) is 3.60. The highest BCUT2D eigenvalue weighted by Gasteiger charge is 2.16. The molecule has 0 aliphatic rings. The van der Waals surface area contributed by atoms with Gasteiger partial charge in [0, 0.05) is 10.8 Å². The fourth-order valence-electron chi connectivity index (χ4n) is 2.59. The van der Waals surface area contributed by atoms with Crippen molar-refractivity contribution in [2.24, 2.45) is 10.2 Å². The Hall–Kier alpha value is -3.15. The normalized spacial score (nSPS) is 12.5.